The zero-order valence-electron chi connectivity index (χ0n) is 17.4. The molecule has 2 aromatic rings. The van der Waals surface area contributed by atoms with Gasteiger partial charge in [-0.1, -0.05) is 0 Å². The third-order valence-electron chi connectivity index (χ3n) is 6.70. The van der Waals surface area contributed by atoms with Crippen LogP contribution in [0.3, 0.4) is 0 Å². The van der Waals surface area contributed by atoms with Gasteiger partial charge in [0.15, 0.2) is 0 Å². The number of aliphatic hydroxyl groups is 1. The Labute approximate surface area is 171 Å². The fourth-order valence-electron chi connectivity index (χ4n) is 4.57. The summed E-state index contributed by atoms with van der Waals surface area (Å²) < 4.78 is 14.6. The number of carbonyl (C=O) groups excluding carboxylic acids is 1. The summed E-state index contributed by atoms with van der Waals surface area (Å²) in [6, 6.07) is 5.42. The first-order valence-electron chi connectivity index (χ1n) is 10.6. The maximum absolute atomic E-state index is 14.6. The lowest BCUT2D eigenvalue weighted by Crippen LogP contribution is -2.46. The smallest absolute Gasteiger partial charge is 0.253 e. The number of rotatable bonds is 4. The second-order valence-corrected chi connectivity index (χ2v) is 9.23. The van der Waals surface area contributed by atoms with Crippen molar-refractivity contribution in [3.63, 3.8) is 0 Å². The highest BCUT2D eigenvalue weighted by Crippen LogP contribution is 2.33. The predicted molar refractivity (Wildman–Crippen MR) is 113 cm³/mol. The van der Waals surface area contributed by atoms with Crippen molar-refractivity contribution < 1.29 is 14.3 Å². The van der Waals surface area contributed by atoms with Crippen molar-refractivity contribution in [3.8, 4) is 0 Å². The first-order valence-corrected chi connectivity index (χ1v) is 10.6. The highest BCUT2D eigenvalue weighted by molar-refractivity contribution is 5.97. The quantitative estimate of drug-likeness (QED) is 0.815. The summed E-state index contributed by atoms with van der Waals surface area (Å²) in [5, 5.41) is 13.9. The molecule has 1 aromatic heterocycles. The first kappa shape index (κ1) is 20.1. The number of hydrogen-bond acceptors (Lipinski definition) is 4. The summed E-state index contributed by atoms with van der Waals surface area (Å²) >= 11 is 0. The molecule has 29 heavy (non-hydrogen) atoms. The number of hydrogen-bond donors (Lipinski definition) is 2. The van der Waals surface area contributed by atoms with Crippen molar-refractivity contribution >= 4 is 22.5 Å². The van der Waals surface area contributed by atoms with Gasteiger partial charge in [-0.3, -0.25) is 9.78 Å². The zero-order chi connectivity index (χ0) is 20.8. The SMILES string of the molecule is CC1CCN1c1cc2ncc(C(=O)NC3CCC(C(C)(C)O)CC3)cc2cc1F. The van der Waals surface area contributed by atoms with Gasteiger partial charge >= 0.3 is 0 Å². The van der Waals surface area contributed by atoms with E-state index in [0.717, 1.165) is 38.6 Å². The number of nitrogens with zero attached hydrogens (tertiary/aromatic N) is 2. The molecule has 1 saturated heterocycles. The largest absolute Gasteiger partial charge is 0.390 e. The number of benzene rings is 1. The monoisotopic (exact) mass is 399 g/mol. The molecular weight excluding hydrogens is 369 g/mol. The van der Waals surface area contributed by atoms with Gasteiger partial charge in [0.2, 0.25) is 0 Å². The molecule has 0 spiro atoms. The lowest BCUT2D eigenvalue weighted by molar-refractivity contribution is -0.00257. The summed E-state index contributed by atoms with van der Waals surface area (Å²) in [4.78, 5) is 19.2. The van der Waals surface area contributed by atoms with Crippen LogP contribution in [0, 0.1) is 11.7 Å². The van der Waals surface area contributed by atoms with Crippen molar-refractivity contribution in [3.05, 3.63) is 35.8 Å². The molecule has 0 radical (unpaired) electrons. The Morgan fingerprint density at radius 3 is 2.52 bits per heavy atom. The Kier molecular flexibility index (Phi) is 5.23. The normalized spacial score (nSPS) is 25.0. The van der Waals surface area contributed by atoms with Crippen LogP contribution in [-0.4, -0.2) is 40.2 Å². The molecular formula is C23H30FN3O2. The van der Waals surface area contributed by atoms with Crippen molar-refractivity contribution in [2.75, 3.05) is 11.4 Å². The molecule has 1 aliphatic heterocycles. The molecule has 0 bridgehead atoms. The third-order valence-corrected chi connectivity index (χ3v) is 6.70. The summed E-state index contributed by atoms with van der Waals surface area (Å²) in [5.41, 5.74) is 1.06. The number of fused-ring (bicyclic) bond motifs is 1. The lowest BCUT2D eigenvalue weighted by atomic mass is 9.77. The van der Waals surface area contributed by atoms with E-state index in [-0.39, 0.29) is 23.7 Å². The van der Waals surface area contributed by atoms with Crippen LogP contribution in [-0.2, 0) is 0 Å². The first-order chi connectivity index (χ1) is 13.7. The molecule has 2 heterocycles. The molecule has 6 heteroatoms. The molecule has 156 valence electrons. The van der Waals surface area contributed by atoms with Crippen LogP contribution in [0.25, 0.3) is 10.9 Å². The van der Waals surface area contributed by atoms with Crippen molar-refractivity contribution in [1.82, 2.24) is 10.3 Å². The molecule has 1 aliphatic carbocycles. The molecule has 4 rings (SSSR count). The van der Waals surface area contributed by atoms with Gasteiger partial charge in [0, 0.05) is 30.2 Å². The molecule has 2 fully saturated rings. The van der Waals surface area contributed by atoms with Gasteiger partial charge in [-0.2, -0.15) is 0 Å². The van der Waals surface area contributed by atoms with Crippen LogP contribution in [0.1, 0.15) is 63.2 Å². The maximum atomic E-state index is 14.6. The average Bonchev–Trinajstić information content (AvgIpc) is 2.66. The van der Waals surface area contributed by atoms with E-state index in [4.69, 9.17) is 0 Å². The minimum Gasteiger partial charge on any atom is -0.390 e. The Bertz CT molecular complexity index is 916. The molecule has 1 aromatic carbocycles. The number of nitrogens with one attached hydrogen (secondary N) is 1. The Morgan fingerprint density at radius 2 is 1.93 bits per heavy atom. The minimum absolute atomic E-state index is 0.101. The van der Waals surface area contributed by atoms with Gasteiger partial charge < -0.3 is 15.3 Å². The molecule has 2 N–H and O–H groups in total. The Hall–Kier alpha value is -2.21. The van der Waals surface area contributed by atoms with Crippen molar-refractivity contribution in [1.29, 1.82) is 0 Å². The molecule has 2 aliphatic rings. The number of carbonyl (C=O) groups is 1. The topological polar surface area (TPSA) is 65.5 Å². The van der Waals surface area contributed by atoms with E-state index in [9.17, 15) is 14.3 Å². The van der Waals surface area contributed by atoms with E-state index in [2.05, 4.69) is 17.2 Å². The minimum atomic E-state index is -0.673. The van der Waals surface area contributed by atoms with Gasteiger partial charge in [-0.25, -0.2) is 4.39 Å². The van der Waals surface area contributed by atoms with E-state index >= 15 is 0 Å². The van der Waals surface area contributed by atoms with Crippen molar-refractivity contribution in [2.24, 2.45) is 5.92 Å². The predicted octanol–water partition coefficient (Wildman–Crippen LogP) is 4.03. The van der Waals surface area contributed by atoms with E-state index in [0.29, 0.717) is 28.2 Å². The van der Waals surface area contributed by atoms with Crippen molar-refractivity contribution in [2.45, 2.75) is 70.6 Å². The van der Waals surface area contributed by atoms with Gasteiger partial charge in [0.25, 0.3) is 5.91 Å². The summed E-state index contributed by atoms with van der Waals surface area (Å²) in [7, 11) is 0. The van der Waals surface area contributed by atoms with E-state index in [1.807, 2.05) is 18.7 Å². The maximum Gasteiger partial charge on any atom is 0.253 e. The fourth-order valence-corrected chi connectivity index (χ4v) is 4.57. The van der Waals surface area contributed by atoms with Crippen LogP contribution in [0.5, 0.6) is 0 Å². The van der Waals surface area contributed by atoms with Crippen LogP contribution in [0.4, 0.5) is 10.1 Å². The summed E-state index contributed by atoms with van der Waals surface area (Å²) in [6.45, 7) is 6.65. The highest BCUT2D eigenvalue weighted by Gasteiger charge is 2.32. The molecule has 1 atom stereocenters. The third kappa shape index (κ3) is 4.08. The van der Waals surface area contributed by atoms with Gasteiger partial charge in [-0.05, 0) is 77.0 Å². The van der Waals surface area contributed by atoms with Crippen LogP contribution >= 0.6 is 0 Å². The molecule has 5 nitrogen and oxygen atoms in total. The number of aromatic nitrogens is 1. The number of halogens is 1. The van der Waals surface area contributed by atoms with Crippen LogP contribution in [0.15, 0.2) is 24.4 Å². The molecule has 1 amide bonds. The standard InChI is InChI=1S/C23H30FN3O2/c1-14-8-9-27(14)21-12-20-15(11-19(21)24)10-16(13-25-20)22(28)26-18-6-4-17(5-7-18)23(2,3)29/h10-14,17-18,29H,4-9H2,1-3H3,(H,26,28). The summed E-state index contributed by atoms with van der Waals surface area (Å²) in [5.74, 6) is -0.176. The lowest BCUT2D eigenvalue weighted by Gasteiger charge is -2.40. The highest BCUT2D eigenvalue weighted by atomic mass is 19.1. The molecule has 1 unspecified atom stereocenters. The van der Waals surface area contributed by atoms with Crippen LogP contribution in [0.2, 0.25) is 0 Å². The van der Waals surface area contributed by atoms with Gasteiger partial charge in [0.05, 0.1) is 22.4 Å². The van der Waals surface area contributed by atoms with E-state index < -0.39 is 5.60 Å². The van der Waals surface area contributed by atoms with Crippen LogP contribution < -0.4 is 10.2 Å². The Morgan fingerprint density at radius 1 is 1.21 bits per heavy atom. The van der Waals surface area contributed by atoms with E-state index in [1.54, 1.807) is 18.3 Å². The Balaban J connectivity index is 1.45. The van der Waals surface area contributed by atoms with Gasteiger partial charge in [0.1, 0.15) is 5.82 Å². The number of anilines is 1. The zero-order valence-corrected chi connectivity index (χ0v) is 17.4. The second-order valence-electron chi connectivity index (χ2n) is 9.23. The number of amides is 1. The summed E-state index contributed by atoms with van der Waals surface area (Å²) in [6.07, 6.45) is 6.14. The van der Waals surface area contributed by atoms with Gasteiger partial charge in [-0.15, -0.1) is 0 Å². The second kappa shape index (κ2) is 7.56. The average molecular weight is 400 g/mol. The van der Waals surface area contributed by atoms with E-state index in [1.165, 1.54) is 6.07 Å². The molecule has 1 saturated carbocycles. The number of pyridine rings is 1. The fraction of sp³-hybridized carbons (Fsp3) is 0.565.